The number of carbonyl (C=O) groups is 1. The van der Waals surface area contributed by atoms with Gasteiger partial charge in [-0.05, 0) is 29.3 Å². The summed E-state index contributed by atoms with van der Waals surface area (Å²) in [6.07, 6.45) is 0.807. The van der Waals surface area contributed by atoms with E-state index in [-0.39, 0.29) is 6.10 Å². The Kier molecular flexibility index (Phi) is 1.88. The Morgan fingerprint density at radius 3 is 2.62 bits per heavy atom. The molecule has 0 saturated carbocycles. The molecule has 2 aromatic rings. The Balaban J connectivity index is 2.04. The quantitative estimate of drug-likeness (QED) is 0.566. The number of fused-ring (bicyclic) bond motifs is 1. The predicted octanol–water partition coefficient (Wildman–Crippen LogP) is 2.87. The number of aldehydes is 1. The van der Waals surface area contributed by atoms with Crippen LogP contribution in [0.1, 0.15) is 18.6 Å². The molecular formula is C14H12O2. The largest absolute Gasteiger partial charge is 0.353 e. The zero-order valence-corrected chi connectivity index (χ0v) is 9.01. The Bertz CT molecular complexity index is 561. The highest BCUT2D eigenvalue weighted by molar-refractivity contribution is 5.83. The average Bonchev–Trinajstić information content (AvgIpc) is 3.02. The van der Waals surface area contributed by atoms with Crippen molar-refractivity contribution in [3.63, 3.8) is 0 Å². The first kappa shape index (κ1) is 9.55. The number of benzene rings is 2. The first-order valence-electron chi connectivity index (χ1n) is 5.36. The molecular weight excluding hydrogens is 200 g/mol. The molecule has 0 bridgehead atoms. The van der Waals surface area contributed by atoms with Gasteiger partial charge in [0.05, 0.1) is 0 Å². The molecule has 0 amide bonds. The zero-order valence-electron chi connectivity index (χ0n) is 9.01. The maximum atomic E-state index is 10.8. The zero-order chi connectivity index (χ0) is 11.2. The molecule has 0 spiro atoms. The minimum atomic E-state index is -0.609. The van der Waals surface area contributed by atoms with Gasteiger partial charge in [0.2, 0.25) is 0 Å². The van der Waals surface area contributed by atoms with Gasteiger partial charge in [0.1, 0.15) is 6.10 Å². The number of rotatable bonds is 2. The Labute approximate surface area is 93.8 Å². The van der Waals surface area contributed by atoms with Crippen molar-refractivity contribution in [1.29, 1.82) is 0 Å². The van der Waals surface area contributed by atoms with E-state index in [1.54, 1.807) is 0 Å². The SMILES string of the molecule is C[C@]1(C=O)O[C@@H]1c1ccc2ccccc2c1. The maximum absolute atomic E-state index is 10.8. The van der Waals surface area contributed by atoms with Gasteiger partial charge in [0, 0.05) is 0 Å². The number of hydrogen-bond acceptors (Lipinski definition) is 2. The van der Waals surface area contributed by atoms with Gasteiger partial charge in [-0.25, -0.2) is 0 Å². The first-order valence-corrected chi connectivity index (χ1v) is 5.36. The van der Waals surface area contributed by atoms with Crippen molar-refractivity contribution in [1.82, 2.24) is 0 Å². The van der Waals surface area contributed by atoms with Gasteiger partial charge in [-0.1, -0.05) is 36.4 Å². The van der Waals surface area contributed by atoms with Crippen LogP contribution in [0, 0.1) is 0 Å². The maximum Gasteiger partial charge on any atom is 0.154 e. The van der Waals surface area contributed by atoms with E-state index in [4.69, 9.17) is 4.74 Å². The van der Waals surface area contributed by atoms with Crippen molar-refractivity contribution in [2.24, 2.45) is 0 Å². The van der Waals surface area contributed by atoms with Crippen LogP contribution in [-0.2, 0) is 9.53 Å². The third kappa shape index (κ3) is 1.34. The summed E-state index contributed by atoms with van der Waals surface area (Å²) >= 11 is 0. The first-order chi connectivity index (χ1) is 7.73. The summed E-state index contributed by atoms with van der Waals surface area (Å²) in [5.41, 5.74) is 0.468. The van der Waals surface area contributed by atoms with E-state index in [9.17, 15) is 4.79 Å². The molecule has 0 aliphatic carbocycles. The normalized spacial score (nSPS) is 27.9. The molecule has 2 heteroatoms. The molecule has 2 atom stereocenters. The second-order valence-electron chi connectivity index (χ2n) is 4.41. The van der Waals surface area contributed by atoms with Crippen LogP contribution in [0.4, 0.5) is 0 Å². The Hall–Kier alpha value is -1.67. The smallest absolute Gasteiger partial charge is 0.154 e. The van der Waals surface area contributed by atoms with Crippen molar-refractivity contribution in [2.75, 3.05) is 0 Å². The van der Waals surface area contributed by atoms with E-state index < -0.39 is 5.60 Å². The summed E-state index contributed by atoms with van der Waals surface area (Å²) in [6, 6.07) is 14.4. The van der Waals surface area contributed by atoms with Crippen LogP contribution in [0.2, 0.25) is 0 Å². The lowest BCUT2D eigenvalue weighted by Gasteiger charge is -2.01. The monoisotopic (exact) mass is 212 g/mol. The summed E-state index contributed by atoms with van der Waals surface area (Å²) in [7, 11) is 0. The second-order valence-corrected chi connectivity index (χ2v) is 4.41. The average molecular weight is 212 g/mol. The lowest BCUT2D eigenvalue weighted by molar-refractivity contribution is -0.111. The molecule has 0 radical (unpaired) electrons. The minimum Gasteiger partial charge on any atom is -0.353 e. The third-order valence-electron chi connectivity index (χ3n) is 3.15. The van der Waals surface area contributed by atoms with Crippen LogP contribution in [0.15, 0.2) is 42.5 Å². The molecule has 0 N–H and O–H groups in total. The molecule has 0 unspecified atom stereocenters. The van der Waals surface area contributed by atoms with Gasteiger partial charge in [0.15, 0.2) is 11.9 Å². The number of epoxide rings is 1. The molecule has 1 aliphatic rings. The summed E-state index contributed by atoms with van der Waals surface area (Å²) in [6.45, 7) is 1.82. The lowest BCUT2D eigenvalue weighted by Crippen LogP contribution is -2.06. The summed E-state index contributed by atoms with van der Waals surface area (Å²) in [5, 5.41) is 2.39. The highest BCUT2D eigenvalue weighted by Crippen LogP contribution is 2.48. The topological polar surface area (TPSA) is 29.6 Å². The van der Waals surface area contributed by atoms with Gasteiger partial charge >= 0.3 is 0 Å². The molecule has 3 rings (SSSR count). The van der Waals surface area contributed by atoms with E-state index in [0.29, 0.717) is 0 Å². The summed E-state index contributed by atoms with van der Waals surface area (Å²) < 4.78 is 5.42. The van der Waals surface area contributed by atoms with Crippen LogP contribution in [0.25, 0.3) is 10.8 Å². The molecule has 16 heavy (non-hydrogen) atoms. The summed E-state index contributed by atoms with van der Waals surface area (Å²) in [5.74, 6) is 0. The molecule has 2 nitrogen and oxygen atoms in total. The van der Waals surface area contributed by atoms with Crippen LogP contribution in [0.3, 0.4) is 0 Å². The van der Waals surface area contributed by atoms with Crippen LogP contribution >= 0.6 is 0 Å². The molecule has 1 saturated heterocycles. The number of carbonyl (C=O) groups excluding carboxylic acids is 1. The molecule has 80 valence electrons. The Morgan fingerprint density at radius 2 is 1.94 bits per heavy atom. The summed E-state index contributed by atoms with van der Waals surface area (Å²) in [4.78, 5) is 10.8. The highest BCUT2D eigenvalue weighted by Gasteiger charge is 2.53. The van der Waals surface area contributed by atoms with Crippen LogP contribution in [-0.4, -0.2) is 11.9 Å². The minimum absolute atomic E-state index is 0.0744. The van der Waals surface area contributed by atoms with Crippen LogP contribution < -0.4 is 0 Å². The van der Waals surface area contributed by atoms with Gasteiger partial charge in [-0.2, -0.15) is 0 Å². The standard InChI is InChI=1S/C14H12O2/c1-14(9-15)13(16-14)12-7-6-10-4-2-3-5-11(10)8-12/h2-9,13H,1H3/t13-,14-/m1/s1. The van der Waals surface area contributed by atoms with E-state index in [1.165, 1.54) is 10.8 Å². The fourth-order valence-corrected chi connectivity index (χ4v) is 2.08. The number of ether oxygens (including phenoxy) is 1. The van der Waals surface area contributed by atoms with Gasteiger partial charge in [-0.3, -0.25) is 0 Å². The van der Waals surface area contributed by atoms with Crippen molar-refractivity contribution in [3.05, 3.63) is 48.0 Å². The van der Waals surface area contributed by atoms with Crippen LogP contribution in [0.5, 0.6) is 0 Å². The molecule has 1 aliphatic heterocycles. The van der Waals surface area contributed by atoms with E-state index in [1.807, 2.05) is 25.1 Å². The van der Waals surface area contributed by atoms with E-state index in [0.717, 1.165) is 11.8 Å². The van der Waals surface area contributed by atoms with E-state index in [2.05, 4.69) is 24.3 Å². The Morgan fingerprint density at radius 1 is 1.19 bits per heavy atom. The predicted molar refractivity (Wildman–Crippen MR) is 62.2 cm³/mol. The fourth-order valence-electron chi connectivity index (χ4n) is 2.08. The molecule has 0 aromatic heterocycles. The van der Waals surface area contributed by atoms with Crippen molar-refractivity contribution < 1.29 is 9.53 Å². The van der Waals surface area contributed by atoms with Gasteiger partial charge < -0.3 is 9.53 Å². The lowest BCUT2D eigenvalue weighted by atomic mass is 9.99. The molecule has 2 aromatic carbocycles. The van der Waals surface area contributed by atoms with Crippen molar-refractivity contribution in [2.45, 2.75) is 18.6 Å². The third-order valence-corrected chi connectivity index (χ3v) is 3.15. The second kappa shape index (κ2) is 3.16. The van der Waals surface area contributed by atoms with Crippen molar-refractivity contribution >= 4 is 17.1 Å². The highest BCUT2D eigenvalue weighted by atomic mass is 16.6. The molecule has 1 heterocycles. The van der Waals surface area contributed by atoms with E-state index >= 15 is 0 Å². The van der Waals surface area contributed by atoms with Gasteiger partial charge in [-0.15, -0.1) is 0 Å². The number of hydrogen-bond donors (Lipinski definition) is 0. The van der Waals surface area contributed by atoms with Gasteiger partial charge in [0.25, 0.3) is 0 Å². The fraction of sp³-hybridized carbons (Fsp3) is 0.214. The molecule has 1 fully saturated rings. The van der Waals surface area contributed by atoms with Crippen molar-refractivity contribution in [3.8, 4) is 0 Å².